The molecule has 4 atom stereocenters. The van der Waals surface area contributed by atoms with Crippen LogP contribution in [0.4, 0.5) is 0 Å². The zero-order chi connectivity index (χ0) is 20.1. The summed E-state index contributed by atoms with van der Waals surface area (Å²) in [5.41, 5.74) is 0.947. The standard InChI is InChI=1S/C23H30N2O4/c1-3-5-7-20-22(29-20)15-26-17-10-8-16(9-11-17)23-24-12-18(13-25-23)28-19(6-4-2)21-14-27-21/h8-13,19-22H,3-7,14-15H2,1-2H3/t19?,20-,21-,22?/m0/s1. The maximum absolute atomic E-state index is 6.00. The Morgan fingerprint density at radius 1 is 1.03 bits per heavy atom. The Balaban J connectivity index is 1.27. The van der Waals surface area contributed by atoms with Gasteiger partial charge in [-0.1, -0.05) is 33.1 Å². The first-order valence-corrected chi connectivity index (χ1v) is 10.8. The first kappa shape index (κ1) is 20.1. The Kier molecular flexibility index (Phi) is 6.62. The molecule has 2 aromatic rings. The molecule has 3 heterocycles. The van der Waals surface area contributed by atoms with Crippen molar-refractivity contribution < 1.29 is 18.9 Å². The van der Waals surface area contributed by atoms with E-state index in [1.165, 1.54) is 12.8 Å². The zero-order valence-electron chi connectivity index (χ0n) is 17.3. The highest BCUT2D eigenvalue weighted by molar-refractivity contribution is 5.56. The summed E-state index contributed by atoms with van der Waals surface area (Å²) in [6, 6.07) is 7.86. The molecule has 0 spiro atoms. The molecule has 2 aliphatic rings. The number of ether oxygens (including phenoxy) is 4. The molecule has 0 bridgehead atoms. The second kappa shape index (κ2) is 9.55. The first-order valence-electron chi connectivity index (χ1n) is 10.8. The van der Waals surface area contributed by atoms with Crippen molar-refractivity contribution in [3.63, 3.8) is 0 Å². The van der Waals surface area contributed by atoms with Crippen LogP contribution in [-0.4, -0.2) is 47.6 Å². The van der Waals surface area contributed by atoms with Gasteiger partial charge in [-0.25, -0.2) is 9.97 Å². The molecule has 6 nitrogen and oxygen atoms in total. The van der Waals surface area contributed by atoms with Crippen molar-refractivity contribution in [2.75, 3.05) is 13.2 Å². The molecule has 0 amide bonds. The number of hydrogen-bond donors (Lipinski definition) is 0. The van der Waals surface area contributed by atoms with E-state index in [1.54, 1.807) is 12.4 Å². The molecule has 0 aliphatic carbocycles. The fourth-order valence-corrected chi connectivity index (χ4v) is 3.44. The summed E-state index contributed by atoms with van der Waals surface area (Å²) < 4.78 is 22.9. The molecule has 1 aromatic carbocycles. The van der Waals surface area contributed by atoms with E-state index in [-0.39, 0.29) is 18.3 Å². The SMILES string of the molecule is CCCC[C@@H]1OC1COc1ccc(-c2ncc(OC(CCC)[C@@H]3CO3)cn2)cc1. The summed E-state index contributed by atoms with van der Waals surface area (Å²) in [4.78, 5) is 8.91. The molecule has 2 fully saturated rings. The fraction of sp³-hybridized carbons (Fsp3) is 0.565. The van der Waals surface area contributed by atoms with Crippen LogP contribution in [0.25, 0.3) is 11.4 Å². The van der Waals surface area contributed by atoms with Crippen LogP contribution in [0.2, 0.25) is 0 Å². The van der Waals surface area contributed by atoms with E-state index in [4.69, 9.17) is 18.9 Å². The molecule has 29 heavy (non-hydrogen) atoms. The lowest BCUT2D eigenvalue weighted by Gasteiger charge is -2.16. The smallest absolute Gasteiger partial charge is 0.159 e. The third kappa shape index (κ3) is 5.67. The van der Waals surface area contributed by atoms with Crippen LogP contribution >= 0.6 is 0 Å². The zero-order valence-corrected chi connectivity index (χ0v) is 17.3. The minimum Gasteiger partial charge on any atom is -0.491 e. The van der Waals surface area contributed by atoms with Crippen LogP contribution in [0, 0.1) is 0 Å². The number of nitrogens with zero attached hydrogens (tertiary/aromatic N) is 2. The minimum absolute atomic E-state index is 0.0860. The average Bonchev–Trinajstić information content (AvgIpc) is 3.67. The lowest BCUT2D eigenvalue weighted by molar-refractivity contribution is 0.148. The summed E-state index contributed by atoms with van der Waals surface area (Å²) >= 11 is 0. The largest absolute Gasteiger partial charge is 0.491 e. The monoisotopic (exact) mass is 398 g/mol. The van der Waals surface area contributed by atoms with Gasteiger partial charge in [0.2, 0.25) is 0 Å². The molecule has 6 heteroatoms. The van der Waals surface area contributed by atoms with E-state index in [0.29, 0.717) is 24.3 Å². The highest BCUT2D eigenvalue weighted by Crippen LogP contribution is 2.29. The number of unbranched alkanes of at least 4 members (excludes halogenated alkanes) is 1. The predicted molar refractivity (Wildman–Crippen MR) is 110 cm³/mol. The van der Waals surface area contributed by atoms with Crippen molar-refractivity contribution in [3.05, 3.63) is 36.7 Å². The Labute approximate surface area is 172 Å². The highest BCUT2D eigenvalue weighted by Gasteiger charge is 2.38. The molecule has 0 N–H and O–H groups in total. The Bertz CT molecular complexity index is 761. The second-order valence-corrected chi connectivity index (χ2v) is 7.75. The van der Waals surface area contributed by atoms with E-state index in [0.717, 1.165) is 37.2 Å². The van der Waals surface area contributed by atoms with Gasteiger partial charge in [0.05, 0.1) is 25.1 Å². The van der Waals surface area contributed by atoms with Gasteiger partial charge in [0.15, 0.2) is 11.6 Å². The highest BCUT2D eigenvalue weighted by atomic mass is 16.6. The average molecular weight is 399 g/mol. The third-order valence-corrected chi connectivity index (χ3v) is 5.32. The van der Waals surface area contributed by atoms with Crippen molar-refractivity contribution in [1.29, 1.82) is 0 Å². The number of rotatable bonds is 12. The quantitative estimate of drug-likeness (QED) is 0.493. The Morgan fingerprint density at radius 2 is 1.79 bits per heavy atom. The first-order chi connectivity index (χ1) is 14.3. The lowest BCUT2D eigenvalue weighted by Crippen LogP contribution is -2.23. The van der Waals surface area contributed by atoms with Crippen molar-refractivity contribution in [1.82, 2.24) is 9.97 Å². The van der Waals surface area contributed by atoms with Crippen LogP contribution in [0.3, 0.4) is 0 Å². The van der Waals surface area contributed by atoms with E-state index < -0.39 is 0 Å². The molecule has 4 rings (SSSR count). The second-order valence-electron chi connectivity index (χ2n) is 7.75. The van der Waals surface area contributed by atoms with Gasteiger partial charge in [-0.2, -0.15) is 0 Å². The molecule has 2 unspecified atom stereocenters. The number of epoxide rings is 2. The summed E-state index contributed by atoms with van der Waals surface area (Å²) in [5.74, 6) is 2.19. The van der Waals surface area contributed by atoms with Gasteiger partial charge in [-0.05, 0) is 37.1 Å². The number of benzene rings is 1. The van der Waals surface area contributed by atoms with Crippen LogP contribution in [0.15, 0.2) is 36.7 Å². The molecule has 156 valence electrons. The van der Waals surface area contributed by atoms with Gasteiger partial charge in [0.25, 0.3) is 0 Å². The van der Waals surface area contributed by atoms with E-state index in [1.807, 2.05) is 24.3 Å². The van der Waals surface area contributed by atoms with E-state index >= 15 is 0 Å². The Hall–Kier alpha value is -2.18. The predicted octanol–water partition coefficient (Wildman–Crippen LogP) is 4.43. The Morgan fingerprint density at radius 3 is 2.45 bits per heavy atom. The van der Waals surface area contributed by atoms with Crippen molar-refractivity contribution >= 4 is 0 Å². The molecular weight excluding hydrogens is 368 g/mol. The summed E-state index contributed by atoms with van der Waals surface area (Å²) in [7, 11) is 0. The molecule has 0 saturated carbocycles. The van der Waals surface area contributed by atoms with Gasteiger partial charge in [0.1, 0.15) is 30.7 Å². The van der Waals surface area contributed by atoms with Crippen molar-refractivity contribution in [3.8, 4) is 22.9 Å². The van der Waals surface area contributed by atoms with Crippen molar-refractivity contribution in [2.24, 2.45) is 0 Å². The number of aromatic nitrogens is 2. The van der Waals surface area contributed by atoms with Crippen molar-refractivity contribution in [2.45, 2.75) is 70.4 Å². The fourth-order valence-electron chi connectivity index (χ4n) is 3.44. The number of hydrogen-bond acceptors (Lipinski definition) is 6. The van der Waals surface area contributed by atoms with Gasteiger partial charge >= 0.3 is 0 Å². The van der Waals surface area contributed by atoms with Gasteiger partial charge in [-0.3, -0.25) is 0 Å². The van der Waals surface area contributed by atoms with Crippen LogP contribution in [-0.2, 0) is 9.47 Å². The lowest BCUT2D eigenvalue weighted by atomic mass is 10.1. The molecule has 2 saturated heterocycles. The topological polar surface area (TPSA) is 69.3 Å². The van der Waals surface area contributed by atoms with Gasteiger partial charge < -0.3 is 18.9 Å². The summed E-state index contributed by atoms with van der Waals surface area (Å²) in [6.07, 6.45) is 9.98. The molecule has 2 aliphatic heterocycles. The van der Waals surface area contributed by atoms with E-state index in [2.05, 4.69) is 23.8 Å². The summed E-state index contributed by atoms with van der Waals surface area (Å²) in [5, 5.41) is 0. The third-order valence-electron chi connectivity index (χ3n) is 5.32. The molecular formula is C23H30N2O4. The van der Waals surface area contributed by atoms with E-state index in [9.17, 15) is 0 Å². The van der Waals surface area contributed by atoms with Gasteiger partial charge in [-0.15, -0.1) is 0 Å². The van der Waals surface area contributed by atoms with Crippen LogP contribution in [0.1, 0.15) is 46.0 Å². The van der Waals surface area contributed by atoms with Gasteiger partial charge in [0, 0.05) is 5.56 Å². The van der Waals surface area contributed by atoms with Crippen LogP contribution in [0.5, 0.6) is 11.5 Å². The maximum atomic E-state index is 6.00. The molecule has 0 radical (unpaired) electrons. The normalized spacial score (nSPS) is 23.4. The minimum atomic E-state index is 0.0860. The van der Waals surface area contributed by atoms with Crippen LogP contribution < -0.4 is 9.47 Å². The maximum Gasteiger partial charge on any atom is 0.159 e. The molecule has 1 aromatic heterocycles. The summed E-state index contributed by atoms with van der Waals surface area (Å²) in [6.45, 7) is 5.74.